The van der Waals surface area contributed by atoms with Crippen LogP contribution >= 0.6 is 0 Å². The van der Waals surface area contributed by atoms with E-state index >= 15 is 0 Å². The van der Waals surface area contributed by atoms with Crippen LogP contribution in [0.4, 0.5) is 28.4 Å². The van der Waals surface area contributed by atoms with Crippen LogP contribution in [0.25, 0.3) is 44.5 Å². The zero-order chi connectivity index (χ0) is 52.5. The van der Waals surface area contributed by atoms with Gasteiger partial charge in [-0.3, -0.25) is 0 Å². The highest BCUT2D eigenvalue weighted by atomic mass is 15.1. The van der Waals surface area contributed by atoms with Crippen LogP contribution in [-0.4, -0.2) is 0 Å². The first kappa shape index (κ1) is 52.0. The van der Waals surface area contributed by atoms with Crippen molar-refractivity contribution in [2.75, 3.05) is 10.2 Å². The highest BCUT2D eigenvalue weighted by Gasteiger charge is 2.43. The molecule has 0 aromatic heterocycles. The van der Waals surface area contributed by atoms with Crippen LogP contribution < -0.4 is 10.2 Å². The van der Waals surface area contributed by atoms with Crippen LogP contribution in [-0.2, 0) is 10.8 Å². The van der Waals surface area contributed by atoms with Gasteiger partial charge >= 0.3 is 0 Å². The molecule has 0 fully saturated rings. The maximum atomic E-state index is 3.89. The van der Waals surface area contributed by atoms with Crippen LogP contribution in [0.5, 0.6) is 0 Å². The fraction of sp³-hybridized carbons (Fsp3) is 0.270. The highest BCUT2D eigenvalue weighted by molar-refractivity contribution is 5.88. The van der Waals surface area contributed by atoms with E-state index in [2.05, 4.69) is 270 Å². The van der Waals surface area contributed by atoms with Crippen molar-refractivity contribution in [3.8, 4) is 44.5 Å². The monoisotopic (exact) mass is 995 g/mol. The smallest absolute Gasteiger partial charge is 0.0465 e. The largest absolute Gasteiger partial charge is 0.356 e. The number of rotatable bonds is 22. The Labute approximate surface area is 455 Å². The Balaban J connectivity index is 0.941. The maximum absolute atomic E-state index is 3.89. The summed E-state index contributed by atoms with van der Waals surface area (Å²) in [6, 6.07) is 81.9. The molecule has 9 aromatic rings. The normalized spacial score (nSPS) is 13.2. The summed E-state index contributed by atoms with van der Waals surface area (Å²) in [5.74, 6) is 0.550. The van der Waals surface area contributed by atoms with Crippen molar-refractivity contribution in [3.05, 3.63) is 246 Å². The van der Waals surface area contributed by atoms with Crippen LogP contribution in [0, 0.1) is 12.8 Å². The second-order valence-electron chi connectivity index (χ2n) is 22.4. The molecule has 10 rings (SSSR count). The average Bonchev–Trinajstić information content (AvgIpc) is 3.84. The average molecular weight is 995 g/mol. The van der Waals surface area contributed by atoms with Crippen LogP contribution in [0.15, 0.2) is 218 Å². The van der Waals surface area contributed by atoms with E-state index in [4.69, 9.17) is 0 Å². The van der Waals surface area contributed by atoms with Crippen LogP contribution in [0.3, 0.4) is 0 Å². The summed E-state index contributed by atoms with van der Waals surface area (Å²) >= 11 is 0. The molecule has 0 saturated carbocycles. The quantitative estimate of drug-likeness (QED) is 0.0681. The second kappa shape index (κ2) is 23.6. The molecule has 0 saturated heterocycles. The summed E-state index contributed by atoms with van der Waals surface area (Å²) in [7, 11) is 0. The molecule has 0 aliphatic heterocycles. The molecule has 9 aromatic carbocycles. The Kier molecular flexibility index (Phi) is 16.2. The molecule has 1 atom stereocenters. The summed E-state index contributed by atoms with van der Waals surface area (Å²) in [4.78, 5) is 2.46. The molecule has 1 aliphatic rings. The fourth-order valence-corrected chi connectivity index (χ4v) is 12.5. The third-order valence-corrected chi connectivity index (χ3v) is 16.5. The summed E-state index contributed by atoms with van der Waals surface area (Å²) < 4.78 is 0. The summed E-state index contributed by atoms with van der Waals surface area (Å²) in [5, 5.41) is 3.89. The van der Waals surface area contributed by atoms with Crippen molar-refractivity contribution in [1.82, 2.24) is 0 Å². The first-order chi connectivity index (χ1) is 37.2. The Morgan fingerprint density at radius 2 is 0.842 bits per heavy atom. The number of hydrogen-bond acceptors (Lipinski definition) is 2. The molecule has 2 nitrogen and oxygen atoms in total. The number of fused-ring (bicyclic) bond motifs is 3. The molecule has 0 amide bonds. The Morgan fingerprint density at radius 3 is 1.37 bits per heavy atom. The van der Waals surface area contributed by atoms with E-state index in [9.17, 15) is 0 Å². The zero-order valence-corrected chi connectivity index (χ0v) is 46.1. The van der Waals surface area contributed by atoms with E-state index < -0.39 is 0 Å². The second-order valence-corrected chi connectivity index (χ2v) is 22.4. The number of aryl methyl sites for hydroxylation is 1. The molecule has 0 bridgehead atoms. The van der Waals surface area contributed by atoms with Gasteiger partial charge < -0.3 is 10.2 Å². The molecule has 76 heavy (non-hydrogen) atoms. The van der Waals surface area contributed by atoms with E-state index in [1.165, 1.54) is 129 Å². The predicted molar refractivity (Wildman–Crippen MR) is 328 cm³/mol. The van der Waals surface area contributed by atoms with Crippen molar-refractivity contribution >= 4 is 28.4 Å². The molecular formula is C74H78N2. The minimum absolute atomic E-state index is 0.0917. The van der Waals surface area contributed by atoms with E-state index in [0.717, 1.165) is 42.0 Å². The molecule has 1 aliphatic carbocycles. The lowest BCUT2D eigenvalue weighted by Gasteiger charge is -2.34. The van der Waals surface area contributed by atoms with Gasteiger partial charge in [-0.25, -0.2) is 0 Å². The van der Waals surface area contributed by atoms with Gasteiger partial charge in [-0.05, 0) is 160 Å². The van der Waals surface area contributed by atoms with Crippen molar-refractivity contribution in [2.24, 2.45) is 5.92 Å². The van der Waals surface area contributed by atoms with Gasteiger partial charge in [-0.1, -0.05) is 249 Å². The number of anilines is 5. The van der Waals surface area contributed by atoms with E-state index in [1.807, 2.05) is 0 Å². The lowest BCUT2D eigenvalue weighted by atomic mass is 9.70. The Morgan fingerprint density at radius 1 is 0.421 bits per heavy atom. The Hall–Kier alpha value is -7.42. The van der Waals surface area contributed by atoms with Gasteiger partial charge in [0.25, 0.3) is 0 Å². The minimum Gasteiger partial charge on any atom is -0.356 e. The third-order valence-electron chi connectivity index (χ3n) is 16.5. The van der Waals surface area contributed by atoms with Crippen molar-refractivity contribution in [1.29, 1.82) is 0 Å². The van der Waals surface area contributed by atoms with Crippen molar-refractivity contribution in [2.45, 2.75) is 123 Å². The zero-order valence-electron chi connectivity index (χ0n) is 46.1. The van der Waals surface area contributed by atoms with Gasteiger partial charge in [0.2, 0.25) is 0 Å². The SMILES string of the molecule is CCCCCCC1(CCCCCC)c2cc(Nc3ccc(-c4ccc(C(C)(CC(C)C)c5ccc(-c6ccc(C)cc6)cc5)cc4)cc3)ccc2-c2ccc(N(c3ccccc3)c3ccc(-c4ccccc4)cc3)cc21. The van der Waals surface area contributed by atoms with E-state index in [0.29, 0.717) is 5.92 Å². The molecule has 0 heterocycles. The number of unbranched alkanes of at least 4 members (excludes halogenated alkanes) is 6. The lowest BCUT2D eigenvalue weighted by molar-refractivity contribution is 0.401. The van der Waals surface area contributed by atoms with Crippen LogP contribution in [0.2, 0.25) is 0 Å². The Bertz CT molecular complexity index is 3270. The first-order valence-electron chi connectivity index (χ1n) is 28.6. The van der Waals surface area contributed by atoms with Gasteiger partial charge in [-0.2, -0.15) is 0 Å². The molecule has 0 spiro atoms. The van der Waals surface area contributed by atoms with Crippen LogP contribution in [0.1, 0.15) is 133 Å². The number of benzene rings is 9. The molecule has 2 heteroatoms. The third kappa shape index (κ3) is 11.2. The van der Waals surface area contributed by atoms with Gasteiger partial charge in [-0.15, -0.1) is 0 Å². The molecule has 384 valence electrons. The van der Waals surface area contributed by atoms with Gasteiger partial charge in [0.05, 0.1) is 0 Å². The van der Waals surface area contributed by atoms with Crippen molar-refractivity contribution in [3.63, 3.8) is 0 Å². The number of para-hydroxylation sites is 1. The molecular weight excluding hydrogens is 917 g/mol. The predicted octanol–water partition coefficient (Wildman–Crippen LogP) is 21.8. The van der Waals surface area contributed by atoms with Crippen molar-refractivity contribution < 1.29 is 0 Å². The number of hydrogen-bond donors (Lipinski definition) is 1. The van der Waals surface area contributed by atoms with Gasteiger partial charge in [0.15, 0.2) is 0 Å². The maximum Gasteiger partial charge on any atom is 0.0465 e. The molecule has 1 unspecified atom stereocenters. The number of nitrogens with zero attached hydrogens (tertiary/aromatic N) is 1. The number of nitrogens with one attached hydrogen (secondary N) is 1. The highest BCUT2D eigenvalue weighted by Crippen LogP contribution is 2.56. The standard InChI is InChI=1S/C74H78N2/c1-7-9-11-19-49-74(50-20-12-10-8-2)71-51-65(43-47-69(71)70-48-46-68(52-72(70)74)76(66-23-17-14-18-24-66)67-44-35-61(36-45-67)56-21-15-13-16-22-56)75-64-41-33-60(34-42-64)59-31-39-63(40-32-59)73(6,53-54(3)4)62-37-29-58(30-38-62)57-27-25-55(5)26-28-57/h13-18,21-48,51-52,54,75H,7-12,19-20,49-50,53H2,1-6H3. The van der Waals surface area contributed by atoms with E-state index in [-0.39, 0.29) is 10.8 Å². The fourth-order valence-electron chi connectivity index (χ4n) is 12.5. The van der Waals surface area contributed by atoms with Gasteiger partial charge in [0, 0.05) is 39.3 Å². The topological polar surface area (TPSA) is 15.3 Å². The summed E-state index contributed by atoms with van der Waals surface area (Å²) in [6.07, 6.45) is 13.3. The first-order valence-corrected chi connectivity index (χ1v) is 28.6. The summed E-state index contributed by atoms with van der Waals surface area (Å²) in [5.41, 5.74) is 22.8. The lowest BCUT2D eigenvalue weighted by Crippen LogP contribution is -2.26. The molecule has 0 radical (unpaired) electrons. The van der Waals surface area contributed by atoms with Gasteiger partial charge in [0.1, 0.15) is 0 Å². The minimum atomic E-state index is -0.104. The molecule has 1 N–H and O–H groups in total. The summed E-state index contributed by atoms with van der Waals surface area (Å²) in [6.45, 7) is 13.9. The van der Waals surface area contributed by atoms with E-state index in [1.54, 1.807) is 0 Å².